The minimum Gasteiger partial charge on any atom is -0.392 e. The lowest BCUT2D eigenvalue weighted by atomic mass is 10.1. The normalized spacial score (nSPS) is 10.7. The zero-order valence-corrected chi connectivity index (χ0v) is 9.03. The van der Waals surface area contributed by atoms with E-state index in [4.69, 9.17) is 5.11 Å². The van der Waals surface area contributed by atoms with Gasteiger partial charge in [-0.25, -0.2) is 4.39 Å². The van der Waals surface area contributed by atoms with Crippen LogP contribution in [0.15, 0.2) is 24.3 Å². The highest BCUT2D eigenvalue weighted by Crippen LogP contribution is 2.11. The van der Waals surface area contributed by atoms with Crippen molar-refractivity contribution in [2.45, 2.75) is 13.5 Å². The Morgan fingerprint density at radius 2 is 2.31 bits per heavy atom. The van der Waals surface area contributed by atoms with Crippen LogP contribution in [0.25, 0.3) is 6.08 Å². The summed E-state index contributed by atoms with van der Waals surface area (Å²) in [5.74, 6) is -0.532. The maximum absolute atomic E-state index is 13.2. The molecule has 0 radical (unpaired) electrons. The average Bonchev–Trinajstić information content (AvgIpc) is 2.24. The monoisotopic (exact) mass is 223 g/mol. The van der Waals surface area contributed by atoms with E-state index < -0.39 is 5.82 Å². The molecule has 1 aromatic rings. The molecule has 0 saturated heterocycles. The first kappa shape index (κ1) is 12.4. The van der Waals surface area contributed by atoms with Gasteiger partial charge >= 0.3 is 0 Å². The van der Waals surface area contributed by atoms with E-state index in [0.29, 0.717) is 12.1 Å². The van der Waals surface area contributed by atoms with Crippen LogP contribution in [0.1, 0.15) is 18.1 Å². The number of benzene rings is 1. The number of aliphatic hydroxyl groups excluding tert-OH is 1. The van der Waals surface area contributed by atoms with Gasteiger partial charge in [-0.2, -0.15) is 0 Å². The highest BCUT2D eigenvalue weighted by Gasteiger charge is 1.99. The number of carbonyl (C=O) groups excluding carboxylic acids is 1. The number of amides is 1. The second kappa shape index (κ2) is 6.02. The van der Waals surface area contributed by atoms with Gasteiger partial charge < -0.3 is 10.4 Å². The second-order valence-corrected chi connectivity index (χ2v) is 3.35. The molecule has 16 heavy (non-hydrogen) atoms. The molecule has 1 amide bonds. The van der Waals surface area contributed by atoms with E-state index in [0.717, 1.165) is 0 Å². The van der Waals surface area contributed by atoms with Crippen molar-refractivity contribution in [2.75, 3.05) is 6.54 Å². The lowest BCUT2D eigenvalue weighted by molar-refractivity contribution is -0.118. The van der Waals surface area contributed by atoms with E-state index >= 15 is 0 Å². The molecule has 3 nitrogen and oxygen atoms in total. The van der Waals surface area contributed by atoms with E-state index in [2.05, 4.69) is 5.32 Å². The Labute approximate surface area is 93.6 Å². The van der Waals surface area contributed by atoms with Gasteiger partial charge in [0.2, 0.25) is 5.91 Å². The van der Waals surface area contributed by atoms with Crippen molar-refractivity contribution in [3.63, 3.8) is 0 Å². The van der Waals surface area contributed by atoms with Crippen molar-refractivity contribution in [3.8, 4) is 0 Å². The van der Waals surface area contributed by atoms with Gasteiger partial charge in [0.15, 0.2) is 0 Å². The summed E-state index contributed by atoms with van der Waals surface area (Å²) in [6.07, 6.45) is 3.44. The van der Waals surface area contributed by atoms with Crippen LogP contribution in [-0.4, -0.2) is 17.6 Å². The Bertz CT molecular complexity index is 402. The standard InChI is InChI=1S/C12H14FNO2/c1-9(16)14-6-2-3-10-4-5-11(8-15)12(13)7-10/h2-5,7,15H,6,8H2,1H3,(H,14,16). The molecule has 0 aliphatic carbocycles. The van der Waals surface area contributed by atoms with E-state index in [1.165, 1.54) is 19.1 Å². The summed E-state index contributed by atoms with van der Waals surface area (Å²) in [5.41, 5.74) is 0.971. The van der Waals surface area contributed by atoms with Crippen LogP contribution in [0.5, 0.6) is 0 Å². The van der Waals surface area contributed by atoms with Crippen LogP contribution < -0.4 is 5.32 Å². The van der Waals surface area contributed by atoms with Crippen LogP contribution in [0.3, 0.4) is 0 Å². The summed E-state index contributed by atoms with van der Waals surface area (Å²) in [7, 11) is 0. The third kappa shape index (κ3) is 3.82. The Morgan fingerprint density at radius 3 is 2.88 bits per heavy atom. The molecule has 0 unspecified atom stereocenters. The van der Waals surface area contributed by atoms with Gasteiger partial charge in [-0.3, -0.25) is 4.79 Å². The van der Waals surface area contributed by atoms with Crippen molar-refractivity contribution in [1.82, 2.24) is 5.32 Å². The second-order valence-electron chi connectivity index (χ2n) is 3.35. The Kier molecular flexibility index (Phi) is 4.66. The SMILES string of the molecule is CC(=O)NCC=Cc1ccc(CO)c(F)c1. The molecule has 0 saturated carbocycles. The molecule has 4 heteroatoms. The molecule has 0 aliphatic rings. The largest absolute Gasteiger partial charge is 0.392 e. The van der Waals surface area contributed by atoms with Gasteiger partial charge in [-0.1, -0.05) is 24.3 Å². The first-order valence-electron chi connectivity index (χ1n) is 4.93. The Morgan fingerprint density at radius 1 is 1.56 bits per heavy atom. The predicted octanol–water partition coefficient (Wildman–Crippen LogP) is 1.47. The molecule has 0 bridgehead atoms. The van der Waals surface area contributed by atoms with Crippen molar-refractivity contribution in [3.05, 3.63) is 41.2 Å². The highest BCUT2D eigenvalue weighted by atomic mass is 19.1. The molecule has 2 N–H and O–H groups in total. The zero-order valence-electron chi connectivity index (χ0n) is 9.03. The first-order valence-corrected chi connectivity index (χ1v) is 4.93. The van der Waals surface area contributed by atoms with Crippen LogP contribution in [0.4, 0.5) is 4.39 Å². The summed E-state index contributed by atoms with van der Waals surface area (Å²) in [4.78, 5) is 10.6. The third-order valence-corrected chi connectivity index (χ3v) is 2.03. The molecular weight excluding hydrogens is 209 g/mol. The van der Waals surface area contributed by atoms with Crippen molar-refractivity contribution < 1.29 is 14.3 Å². The fourth-order valence-electron chi connectivity index (χ4n) is 1.19. The molecule has 0 spiro atoms. The van der Waals surface area contributed by atoms with Crippen molar-refractivity contribution in [1.29, 1.82) is 0 Å². The zero-order chi connectivity index (χ0) is 12.0. The molecule has 86 valence electrons. The molecule has 1 rings (SSSR count). The summed E-state index contributed by atoms with van der Waals surface area (Å²) < 4.78 is 13.2. The lowest BCUT2D eigenvalue weighted by Crippen LogP contribution is -2.19. The molecule has 1 aromatic carbocycles. The molecular formula is C12H14FNO2. The summed E-state index contributed by atoms with van der Waals surface area (Å²) in [5, 5.41) is 11.4. The van der Waals surface area contributed by atoms with E-state index in [1.54, 1.807) is 18.2 Å². The van der Waals surface area contributed by atoms with Crippen LogP contribution in [0.2, 0.25) is 0 Å². The molecule has 0 aromatic heterocycles. The molecule has 0 aliphatic heterocycles. The summed E-state index contributed by atoms with van der Waals surface area (Å²) in [6, 6.07) is 4.59. The molecule has 0 heterocycles. The smallest absolute Gasteiger partial charge is 0.217 e. The van der Waals surface area contributed by atoms with E-state index in [-0.39, 0.29) is 18.1 Å². The number of carbonyl (C=O) groups is 1. The van der Waals surface area contributed by atoms with E-state index in [1.807, 2.05) is 0 Å². The number of hydrogen-bond acceptors (Lipinski definition) is 2. The quantitative estimate of drug-likeness (QED) is 0.812. The van der Waals surface area contributed by atoms with Gasteiger partial charge in [0.05, 0.1) is 6.61 Å². The number of nitrogens with one attached hydrogen (secondary N) is 1. The van der Waals surface area contributed by atoms with Crippen molar-refractivity contribution >= 4 is 12.0 Å². The van der Waals surface area contributed by atoms with Crippen LogP contribution >= 0.6 is 0 Å². The number of hydrogen-bond donors (Lipinski definition) is 2. The maximum atomic E-state index is 13.2. The van der Waals surface area contributed by atoms with Crippen LogP contribution in [-0.2, 0) is 11.4 Å². The van der Waals surface area contributed by atoms with Crippen LogP contribution in [0, 0.1) is 5.82 Å². The Hall–Kier alpha value is -1.68. The summed E-state index contributed by atoms with van der Waals surface area (Å²) >= 11 is 0. The maximum Gasteiger partial charge on any atom is 0.217 e. The fourth-order valence-corrected chi connectivity index (χ4v) is 1.19. The number of rotatable bonds is 4. The van der Waals surface area contributed by atoms with E-state index in [9.17, 15) is 9.18 Å². The Balaban J connectivity index is 2.61. The average molecular weight is 223 g/mol. The minimum atomic E-state index is -0.427. The van der Waals surface area contributed by atoms with Gasteiger partial charge in [0, 0.05) is 19.0 Å². The first-order chi connectivity index (χ1) is 7.63. The summed E-state index contributed by atoms with van der Waals surface area (Å²) in [6.45, 7) is 1.55. The van der Waals surface area contributed by atoms with Gasteiger partial charge in [-0.05, 0) is 11.6 Å². The molecule has 0 fully saturated rings. The number of aliphatic hydroxyl groups is 1. The fraction of sp³-hybridized carbons (Fsp3) is 0.250. The van der Waals surface area contributed by atoms with Gasteiger partial charge in [0.1, 0.15) is 5.82 Å². The lowest BCUT2D eigenvalue weighted by Gasteiger charge is -2.00. The highest BCUT2D eigenvalue weighted by molar-refractivity contribution is 5.73. The number of halogens is 1. The predicted molar refractivity (Wildman–Crippen MR) is 60.0 cm³/mol. The topological polar surface area (TPSA) is 49.3 Å². The van der Waals surface area contributed by atoms with Gasteiger partial charge in [0.25, 0.3) is 0 Å². The molecule has 0 atom stereocenters. The van der Waals surface area contributed by atoms with Gasteiger partial charge in [-0.15, -0.1) is 0 Å². The van der Waals surface area contributed by atoms with Crippen molar-refractivity contribution in [2.24, 2.45) is 0 Å². The third-order valence-electron chi connectivity index (χ3n) is 2.03. The minimum absolute atomic E-state index is 0.105.